The lowest BCUT2D eigenvalue weighted by Gasteiger charge is -2.23. The second kappa shape index (κ2) is 7.29. The SMILES string of the molecule is N[C@H]1CCCCN(Cc2cccc(Nc3ccccc3)c2)C1=O. The van der Waals surface area contributed by atoms with E-state index in [1.807, 2.05) is 47.4 Å². The van der Waals surface area contributed by atoms with E-state index < -0.39 is 0 Å². The van der Waals surface area contributed by atoms with Gasteiger partial charge in [0.2, 0.25) is 5.91 Å². The number of rotatable bonds is 4. The van der Waals surface area contributed by atoms with Gasteiger partial charge in [0.15, 0.2) is 0 Å². The van der Waals surface area contributed by atoms with Crippen molar-refractivity contribution in [3.63, 3.8) is 0 Å². The number of hydrogen-bond donors (Lipinski definition) is 2. The lowest BCUT2D eigenvalue weighted by Crippen LogP contribution is -2.41. The molecule has 2 aromatic carbocycles. The molecule has 1 heterocycles. The standard InChI is InChI=1S/C19H23N3O/c20-18-11-4-5-12-22(19(18)23)14-15-7-6-10-17(13-15)21-16-8-2-1-3-9-16/h1-3,6-10,13,18,21H,4-5,11-12,14,20H2/t18-/m0/s1. The van der Waals surface area contributed by atoms with Gasteiger partial charge in [-0.05, 0) is 49.1 Å². The molecule has 23 heavy (non-hydrogen) atoms. The van der Waals surface area contributed by atoms with Crippen LogP contribution in [-0.2, 0) is 11.3 Å². The molecule has 1 aliphatic heterocycles. The van der Waals surface area contributed by atoms with E-state index in [-0.39, 0.29) is 11.9 Å². The number of nitrogens with two attached hydrogens (primary N) is 1. The van der Waals surface area contributed by atoms with E-state index in [4.69, 9.17) is 5.73 Å². The molecule has 0 aromatic heterocycles. The van der Waals surface area contributed by atoms with Crippen LogP contribution in [0.4, 0.5) is 11.4 Å². The van der Waals surface area contributed by atoms with Gasteiger partial charge in [-0.3, -0.25) is 4.79 Å². The molecule has 1 amide bonds. The smallest absolute Gasteiger partial charge is 0.239 e. The van der Waals surface area contributed by atoms with Gasteiger partial charge in [0.25, 0.3) is 0 Å². The number of para-hydroxylation sites is 1. The fourth-order valence-corrected chi connectivity index (χ4v) is 2.95. The van der Waals surface area contributed by atoms with Crippen LogP contribution in [0.2, 0.25) is 0 Å². The zero-order chi connectivity index (χ0) is 16.1. The van der Waals surface area contributed by atoms with E-state index in [9.17, 15) is 4.79 Å². The first-order valence-electron chi connectivity index (χ1n) is 8.18. The molecule has 0 bridgehead atoms. The third-order valence-electron chi connectivity index (χ3n) is 4.18. The van der Waals surface area contributed by atoms with Crippen LogP contribution in [0.1, 0.15) is 24.8 Å². The summed E-state index contributed by atoms with van der Waals surface area (Å²) in [6, 6.07) is 17.9. The molecule has 0 radical (unpaired) electrons. The zero-order valence-corrected chi connectivity index (χ0v) is 13.2. The van der Waals surface area contributed by atoms with Gasteiger partial charge in [0, 0.05) is 24.5 Å². The van der Waals surface area contributed by atoms with E-state index in [1.54, 1.807) is 0 Å². The number of carbonyl (C=O) groups excluding carboxylic acids is 1. The molecule has 3 rings (SSSR count). The number of carbonyl (C=O) groups is 1. The Balaban J connectivity index is 1.71. The van der Waals surface area contributed by atoms with Crippen molar-refractivity contribution < 1.29 is 4.79 Å². The van der Waals surface area contributed by atoms with Crippen LogP contribution in [-0.4, -0.2) is 23.4 Å². The average Bonchev–Trinajstić information content (AvgIpc) is 2.72. The van der Waals surface area contributed by atoms with Gasteiger partial charge in [0.05, 0.1) is 6.04 Å². The number of anilines is 2. The lowest BCUT2D eigenvalue weighted by atomic mass is 10.1. The first-order valence-corrected chi connectivity index (χ1v) is 8.18. The van der Waals surface area contributed by atoms with E-state index in [0.29, 0.717) is 6.54 Å². The van der Waals surface area contributed by atoms with Crippen molar-refractivity contribution in [1.82, 2.24) is 4.90 Å². The molecule has 1 atom stereocenters. The van der Waals surface area contributed by atoms with Crippen molar-refractivity contribution in [2.45, 2.75) is 31.8 Å². The third-order valence-corrected chi connectivity index (χ3v) is 4.18. The summed E-state index contributed by atoms with van der Waals surface area (Å²) < 4.78 is 0. The molecule has 2 aromatic rings. The Kier molecular flexibility index (Phi) is 4.93. The van der Waals surface area contributed by atoms with Gasteiger partial charge in [0.1, 0.15) is 0 Å². The van der Waals surface area contributed by atoms with Crippen molar-refractivity contribution in [1.29, 1.82) is 0 Å². The van der Waals surface area contributed by atoms with Gasteiger partial charge in [-0.1, -0.05) is 30.3 Å². The molecular formula is C19H23N3O. The summed E-state index contributed by atoms with van der Waals surface area (Å²) in [4.78, 5) is 14.2. The fraction of sp³-hybridized carbons (Fsp3) is 0.316. The summed E-state index contributed by atoms with van der Waals surface area (Å²) in [6.07, 6.45) is 2.85. The number of nitrogens with zero attached hydrogens (tertiary/aromatic N) is 1. The highest BCUT2D eigenvalue weighted by atomic mass is 16.2. The summed E-state index contributed by atoms with van der Waals surface area (Å²) in [5.74, 6) is 0.0731. The van der Waals surface area contributed by atoms with Crippen molar-refractivity contribution in [2.75, 3.05) is 11.9 Å². The maximum absolute atomic E-state index is 12.3. The predicted molar refractivity (Wildman–Crippen MR) is 93.4 cm³/mol. The Labute approximate surface area is 137 Å². The second-order valence-corrected chi connectivity index (χ2v) is 6.05. The van der Waals surface area contributed by atoms with E-state index in [1.165, 1.54) is 0 Å². The molecule has 0 unspecified atom stereocenters. The van der Waals surface area contributed by atoms with Gasteiger partial charge in [-0.2, -0.15) is 0 Å². The number of likely N-dealkylation sites (tertiary alicyclic amines) is 1. The Hall–Kier alpha value is -2.33. The maximum atomic E-state index is 12.3. The molecule has 120 valence electrons. The summed E-state index contributed by atoms with van der Waals surface area (Å²) in [5.41, 5.74) is 9.15. The Bertz CT molecular complexity index is 657. The van der Waals surface area contributed by atoms with Crippen LogP contribution in [0.5, 0.6) is 0 Å². The summed E-state index contributed by atoms with van der Waals surface area (Å²) in [7, 11) is 0. The van der Waals surface area contributed by atoms with Crippen molar-refractivity contribution in [2.24, 2.45) is 5.73 Å². The Morgan fingerprint density at radius 2 is 1.83 bits per heavy atom. The van der Waals surface area contributed by atoms with Crippen LogP contribution >= 0.6 is 0 Å². The molecule has 0 saturated carbocycles. The van der Waals surface area contributed by atoms with E-state index >= 15 is 0 Å². The van der Waals surface area contributed by atoms with Crippen molar-refractivity contribution in [3.8, 4) is 0 Å². The average molecular weight is 309 g/mol. The van der Waals surface area contributed by atoms with Crippen molar-refractivity contribution in [3.05, 3.63) is 60.2 Å². The minimum absolute atomic E-state index is 0.0731. The number of benzene rings is 2. The van der Waals surface area contributed by atoms with Gasteiger partial charge < -0.3 is 16.0 Å². The molecule has 4 nitrogen and oxygen atoms in total. The van der Waals surface area contributed by atoms with Gasteiger partial charge in [-0.25, -0.2) is 0 Å². The highest BCUT2D eigenvalue weighted by molar-refractivity contribution is 5.81. The second-order valence-electron chi connectivity index (χ2n) is 6.05. The van der Waals surface area contributed by atoms with E-state index in [0.717, 1.165) is 42.7 Å². The fourth-order valence-electron chi connectivity index (χ4n) is 2.95. The van der Waals surface area contributed by atoms with Crippen LogP contribution < -0.4 is 11.1 Å². The summed E-state index contributed by atoms with van der Waals surface area (Å²) in [5, 5.41) is 3.39. The zero-order valence-electron chi connectivity index (χ0n) is 13.2. The molecule has 1 fully saturated rings. The number of nitrogens with one attached hydrogen (secondary N) is 1. The Morgan fingerprint density at radius 3 is 2.65 bits per heavy atom. The molecular weight excluding hydrogens is 286 g/mol. The van der Waals surface area contributed by atoms with Crippen molar-refractivity contribution >= 4 is 17.3 Å². The quantitative estimate of drug-likeness (QED) is 0.911. The molecule has 3 N–H and O–H groups in total. The molecule has 1 aliphatic rings. The number of amides is 1. The van der Waals surface area contributed by atoms with Gasteiger partial charge in [-0.15, -0.1) is 0 Å². The summed E-state index contributed by atoms with van der Waals surface area (Å²) >= 11 is 0. The van der Waals surface area contributed by atoms with Crippen LogP contribution in [0.25, 0.3) is 0 Å². The highest BCUT2D eigenvalue weighted by Gasteiger charge is 2.23. The summed E-state index contributed by atoms with van der Waals surface area (Å²) in [6.45, 7) is 1.42. The van der Waals surface area contributed by atoms with Crippen LogP contribution in [0, 0.1) is 0 Å². The predicted octanol–water partition coefficient (Wildman–Crippen LogP) is 3.27. The molecule has 0 spiro atoms. The topological polar surface area (TPSA) is 58.4 Å². The minimum atomic E-state index is -0.344. The molecule has 0 aliphatic carbocycles. The van der Waals surface area contributed by atoms with Crippen LogP contribution in [0.3, 0.4) is 0 Å². The first kappa shape index (κ1) is 15.6. The van der Waals surface area contributed by atoms with Gasteiger partial charge >= 0.3 is 0 Å². The first-order chi connectivity index (χ1) is 11.2. The van der Waals surface area contributed by atoms with Crippen LogP contribution in [0.15, 0.2) is 54.6 Å². The number of hydrogen-bond acceptors (Lipinski definition) is 3. The molecule has 4 heteroatoms. The maximum Gasteiger partial charge on any atom is 0.239 e. The third kappa shape index (κ3) is 4.11. The monoisotopic (exact) mass is 309 g/mol. The van der Waals surface area contributed by atoms with E-state index in [2.05, 4.69) is 17.4 Å². The Morgan fingerprint density at radius 1 is 1.04 bits per heavy atom. The molecule has 1 saturated heterocycles. The lowest BCUT2D eigenvalue weighted by molar-refractivity contribution is -0.132. The minimum Gasteiger partial charge on any atom is -0.356 e. The largest absolute Gasteiger partial charge is 0.356 e. The highest BCUT2D eigenvalue weighted by Crippen LogP contribution is 2.20. The normalized spacial score (nSPS) is 18.6.